The molecule has 4 amide bonds. The topological polar surface area (TPSA) is 169 Å². The molecule has 37 heavy (non-hydrogen) atoms. The van der Waals surface area contributed by atoms with Gasteiger partial charge in [0.15, 0.2) is 6.19 Å². The van der Waals surface area contributed by atoms with Crippen molar-refractivity contribution in [2.24, 2.45) is 10.7 Å². The summed E-state index contributed by atoms with van der Waals surface area (Å²) in [5.74, 6) is 0.533. The number of aliphatic imine (C=N–C) groups is 1. The first-order valence-electron chi connectivity index (χ1n) is 12.5. The van der Waals surface area contributed by atoms with Gasteiger partial charge in [-0.1, -0.05) is 0 Å². The fraction of sp³-hybridized carbons (Fsp3) is 0.480. The number of hydrogen-bond donors (Lipinski definition) is 4. The van der Waals surface area contributed by atoms with Gasteiger partial charge in [0, 0.05) is 36.7 Å². The predicted octanol–water partition coefficient (Wildman–Crippen LogP) is 1.62. The molecule has 12 nitrogen and oxygen atoms in total. The SMILES string of the molecule is Cc1cc2cc(NC(=N[C@H]3CCCCN(CC(=O)N4CCC[C@H]4CNC(N)=O)C3=O)NC#N)ccc2o1. The molecule has 1 aromatic carbocycles. The Balaban J connectivity index is 1.45. The molecule has 5 N–H and O–H groups in total. The van der Waals surface area contributed by atoms with E-state index in [0.717, 1.165) is 42.4 Å². The molecule has 0 aliphatic carbocycles. The molecule has 0 radical (unpaired) electrons. The highest BCUT2D eigenvalue weighted by Crippen LogP contribution is 2.23. The number of guanidine groups is 1. The van der Waals surface area contributed by atoms with Gasteiger partial charge in [0.1, 0.15) is 17.4 Å². The number of urea groups is 1. The predicted molar refractivity (Wildman–Crippen MR) is 137 cm³/mol. The van der Waals surface area contributed by atoms with Gasteiger partial charge in [-0.05, 0) is 63.3 Å². The molecule has 0 unspecified atom stereocenters. The van der Waals surface area contributed by atoms with Crippen LogP contribution in [0.25, 0.3) is 11.0 Å². The van der Waals surface area contributed by atoms with Crippen molar-refractivity contribution in [2.75, 3.05) is 31.5 Å². The van der Waals surface area contributed by atoms with Crippen LogP contribution in [-0.4, -0.2) is 71.9 Å². The van der Waals surface area contributed by atoms with E-state index in [0.29, 0.717) is 31.7 Å². The van der Waals surface area contributed by atoms with E-state index in [1.165, 1.54) is 0 Å². The second-order valence-electron chi connectivity index (χ2n) is 9.35. The minimum atomic E-state index is -0.732. The number of furan rings is 1. The lowest BCUT2D eigenvalue weighted by atomic mass is 10.1. The van der Waals surface area contributed by atoms with E-state index >= 15 is 0 Å². The van der Waals surface area contributed by atoms with Crippen molar-refractivity contribution in [3.63, 3.8) is 0 Å². The highest BCUT2D eigenvalue weighted by Gasteiger charge is 2.33. The van der Waals surface area contributed by atoms with Crippen molar-refractivity contribution in [2.45, 2.75) is 51.1 Å². The van der Waals surface area contributed by atoms with E-state index in [2.05, 4.69) is 20.9 Å². The number of primary amides is 1. The molecule has 12 heteroatoms. The number of rotatable bonds is 6. The summed E-state index contributed by atoms with van der Waals surface area (Å²) in [6, 6.07) is 5.92. The molecule has 2 aliphatic heterocycles. The maximum atomic E-state index is 13.4. The Hall–Kier alpha value is -4.27. The lowest BCUT2D eigenvalue weighted by Crippen LogP contribution is -2.49. The number of nitrogens with one attached hydrogen (secondary N) is 3. The zero-order chi connectivity index (χ0) is 26.4. The molecule has 2 aromatic rings. The molecule has 1 aromatic heterocycles. The van der Waals surface area contributed by atoms with E-state index in [-0.39, 0.29) is 30.4 Å². The van der Waals surface area contributed by atoms with E-state index < -0.39 is 12.1 Å². The van der Waals surface area contributed by atoms with Crippen LogP contribution >= 0.6 is 0 Å². The number of benzene rings is 1. The van der Waals surface area contributed by atoms with Crippen LogP contribution in [0.1, 0.15) is 37.9 Å². The summed E-state index contributed by atoms with van der Waals surface area (Å²) in [4.78, 5) is 45.3. The van der Waals surface area contributed by atoms with Crippen molar-refractivity contribution in [3.8, 4) is 6.19 Å². The van der Waals surface area contributed by atoms with Gasteiger partial charge in [-0.25, -0.2) is 9.79 Å². The largest absolute Gasteiger partial charge is 0.461 e. The van der Waals surface area contributed by atoms with Crippen molar-refractivity contribution >= 4 is 40.5 Å². The number of carbonyl (C=O) groups excluding carboxylic acids is 3. The number of nitrogens with two attached hydrogens (primary N) is 1. The van der Waals surface area contributed by atoms with E-state index in [1.54, 1.807) is 15.9 Å². The highest BCUT2D eigenvalue weighted by molar-refractivity contribution is 5.98. The van der Waals surface area contributed by atoms with Crippen LogP contribution in [0.5, 0.6) is 0 Å². The molecular weight excluding hydrogens is 476 g/mol. The van der Waals surface area contributed by atoms with Crippen molar-refractivity contribution in [1.82, 2.24) is 20.4 Å². The third-order valence-corrected chi connectivity index (χ3v) is 6.65. The van der Waals surface area contributed by atoms with Crippen LogP contribution in [0, 0.1) is 18.4 Å². The third kappa shape index (κ3) is 6.49. The Morgan fingerprint density at radius 1 is 1.22 bits per heavy atom. The van der Waals surface area contributed by atoms with Gasteiger partial charge in [0.25, 0.3) is 0 Å². The monoisotopic (exact) mass is 508 g/mol. The molecule has 3 heterocycles. The van der Waals surface area contributed by atoms with E-state index in [4.69, 9.17) is 10.2 Å². The van der Waals surface area contributed by atoms with Crippen molar-refractivity contribution < 1.29 is 18.8 Å². The van der Waals surface area contributed by atoms with Crippen LogP contribution in [0.3, 0.4) is 0 Å². The van der Waals surface area contributed by atoms with Crippen LogP contribution in [0.2, 0.25) is 0 Å². The van der Waals surface area contributed by atoms with Gasteiger partial charge in [-0.15, -0.1) is 0 Å². The highest BCUT2D eigenvalue weighted by atomic mass is 16.3. The van der Waals surface area contributed by atoms with Gasteiger partial charge in [0.2, 0.25) is 17.8 Å². The normalized spacial score (nSPS) is 20.4. The third-order valence-electron chi connectivity index (χ3n) is 6.65. The summed E-state index contributed by atoms with van der Waals surface area (Å²) in [5, 5.41) is 18.3. The number of nitrogens with zero attached hydrogens (tertiary/aromatic N) is 4. The van der Waals surface area contributed by atoms with Crippen LogP contribution in [-0.2, 0) is 9.59 Å². The Morgan fingerprint density at radius 2 is 2.05 bits per heavy atom. The maximum Gasteiger partial charge on any atom is 0.312 e. The van der Waals surface area contributed by atoms with Crippen LogP contribution in [0.15, 0.2) is 33.7 Å². The second-order valence-corrected chi connectivity index (χ2v) is 9.35. The quantitative estimate of drug-likeness (QED) is 0.199. The van der Waals surface area contributed by atoms with Gasteiger partial charge in [-0.2, -0.15) is 5.26 Å². The molecule has 0 bridgehead atoms. The van der Waals surface area contributed by atoms with Crippen molar-refractivity contribution in [1.29, 1.82) is 5.26 Å². The first-order valence-corrected chi connectivity index (χ1v) is 12.5. The van der Waals surface area contributed by atoms with Gasteiger partial charge in [-0.3, -0.25) is 14.9 Å². The summed E-state index contributed by atoms with van der Waals surface area (Å²) in [6.45, 7) is 3.14. The molecular formula is C25H32N8O4. The number of fused-ring (bicyclic) bond motifs is 1. The Kier molecular flexibility index (Phi) is 8.12. The summed E-state index contributed by atoms with van der Waals surface area (Å²) in [7, 11) is 0. The Bertz CT molecular complexity index is 1230. The minimum Gasteiger partial charge on any atom is -0.461 e. The summed E-state index contributed by atoms with van der Waals surface area (Å²) in [6.07, 6.45) is 5.49. The summed E-state index contributed by atoms with van der Waals surface area (Å²) < 4.78 is 5.60. The molecule has 0 saturated carbocycles. The average Bonchev–Trinajstić information content (AvgIpc) is 3.44. The van der Waals surface area contributed by atoms with Crippen molar-refractivity contribution in [3.05, 3.63) is 30.0 Å². The first kappa shape index (κ1) is 25.8. The number of aryl methyl sites for hydroxylation is 1. The number of amides is 4. The molecule has 2 saturated heterocycles. The smallest absolute Gasteiger partial charge is 0.312 e. The summed E-state index contributed by atoms with van der Waals surface area (Å²) >= 11 is 0. The first-order chi connectivity index (χ1) is 17.8. The zero-order valence-electron chi connectivity index (χ0n) is 20.8. The number of carbonyl (C=O) groups is 3. The van der Waals surface area contributed by atoms with E-state index in [1.807, 2.05) is 31.3 Å². The number of likely N-dealkylation sites (tertiary alicyclic amines) is 2. The Labute approximate surface area is 214 Å². The fourth-order valence-corrected chi connectivity index (χ4v) is 4.91. The molecule has 2 aliphatic rings. The number of anilines is 1. The number of nitriles is 1. The lowest BCUT2D eigenvalue weighted by molar-refractivity contribution is -0.141. The van der Waals surface area contributed by atoms with Crippen LogP contribution < -0.4 is 21.7 Å². The molecule has 4 rings (SSSR count). The molecule has 0 spiro atoms. The minimum absolute atomic E-state index is 0.0527. The molecule has 196 valence electrons. The molecule has 2 fully saturated rings. The van der Waals surface area contributed by atoms with Gasteiger partial charge >= 0.3 is 6.03 Å². The Morgan fingerprint density at radius 3 is 2.84 bits per heavy atom. The standard InChI is InChI=1S/C25H32N8O4/c1-16-11-17-12-18(7-8-21(17)37-16)30-25(29-15-26)31-20-6-2-3-9-32(23(20)35)14-22(34)33-10-4-5-19(33)13-28-24(27)36/h7-8,11-12,19-20H,2-6,9-10,13-14H2,1H3,(H3,27,28,36)(H2,29,30,31)/t19-,20-/m0/s1. The summed E-state index contributed by atoms with van der Waals surface area (Å²) in [5.41, 5.74) is 6.61. The fourth-order valence-electron chi connectivity index (χ4n) is 4.91. The van der Waals surface area contributed by atoms with Gasteiger partial charge < -0.3 is 30.6 Å². The van der Waals surface area contributed by atoms with Gasteiger partial charge in [0.05, 0.1) is 6.54 Å². The average molecular weight is 509 g/mol. The van der Waals surface area contributed by atoms with E-state index in [9.17, 15) is 19.6 Å². The van der Waals surface area contributed by atoms with Crippen LogP contribution in [0.4, 0.5) is 10.5 Å². The molecule has 2 atom stereocenters. The second kappa shape index (κ2) is 11.6. The maximum absolute atomic E-state index is 13.4. The number of hydrogen-bond acceptors (Lipinski definition) is 6. The lowest BCUT2D eigenvalue weighted by Gasteiger charge is -2.29. The zero-order valence-corrected chi connectivity index (χ0v) is 20.8.